The Morgan fingerprint density at radius 1 is 1.18 bits per heavy atom. The van der Waals surface area contributed by atoms with Crippen molar-refractivity contribution in [1.82, 2.24) is 10.3 Å². The lowest BCUT2D eigenvalue weighted by Gasteiger charge is -2.25. The normalized spacial score (nSPS) is 13.0. The zero-order valence-electron chi connectivity index (χ0n) is 23.3. The third-order valence-corrected chi connectivity index (χ3v) is 5.55. The summed E-state index contributed by atoms with van der Waals surface area (Å²) in [7, 11) is 0. The highest BCUT2D eigenvalue weighted by molar-refractivity contribution is 5.97. The smallest absolute Gasteiger partial charge is 0.416 e. The van der Waals surface area contributed by atoms with Crippen LogP contribution in [0.3, 0.4) is 0 Å². The van der Waals surface area contributed by atoms with E-state index >= 15 is 0 Å². The highest BCUT2D eigenvalue weighted by atomic mass is 19.4. The Bertz CT molecular complexity index is 1110. The molecule has 0 bridgehead atoms. The molecule has 0 aromatic carbocycles. The number of alkyl halides is 3. The van der Waals surface area contributed by atoms with E-state index in [1.54, 1.807) is 25.3 Å². The molecule has 0 aliphatic heterocycles. The number of anilines is 1. The van der Waals surface area contributed by atoms with Gasteiger partial charge in [-0.2, -0.15) is 13.2 Å². The van der Waals surface area contributed by atoms with Gasteiger partial charge in [-0.1, -0.05) is 50.3 Å². The number of aromatic nitrogens is 1. The lowest BCUT2D eigenvalue weighted by atomic mass is 9.99. The van der Waals surface area contributed by atoms with Crippen molar-refractivity contribution in [2.75, 3.05) is 24.6 Å². The summed E-state index contributed by atoms with van der Waals surface area (Å²) in [5.41, 5.74) is 2.17. The van der Waals surface area contributed by atoms with Crippen LogP contribution in [0.5, 0.6) is 5.88 Å². The highest BCUT2D eigenvalue weighted by Crippen LogP contribution is 2.32. The van der Waals surface area contributed by atoms with Gasteiger partial charge in [-0.05, 0) is 64.8 Å². The standard InChI is InChI=1S/C30H40F3N3O2/c1-9-14-16-36(12-4)27-18-23(20-34-29(27)38-13-5)26(21(6)7)19-25(11-3)35-28(37)22(8)17-24(15-10-2)30(31,32)33/h10-11,15,17-20H,6,8-9,12-14,16H2,1-5,7H3,(H,35,37)/b15-10-,24-17+,25-11+,26-19+. The van der Waals surface area contributed by atoms with Crippen molar-refractivity contribution in [3.05, 3.63) is 83.8 Å². The molecular formula is C30H40F3N3O2. The second-order valence-electron chi connectivity index (χ2n) is 8.57. The van der Waals surface area contributed by atoms with Gasteiger partial charge in [-0.3, -0.25) is 4.79 Å². The predicted molar refractivity (Wildman–Crippen MR) is 151 cm³/mol. The summed E-state index contributed by atoms with van der Waals surface area (Å²) in [4.78, 5) is 19.5. The second-order valence-corrected chi connectivity index (χ2v) is 8.57. The third-order valence-electron chi connectivity index (χ3n) is 5.55. The number of halogens is 3. The average Bonchev–Trinajstić information content (AvgIpc) is 2.86. The highest BCUT2D eigenvalue weighted by Gasteiger charge is 2.32. The van der Waals surface area contributed by atoms with Crippen LogP contribution in [0, 0.1) is 0 Å². The molecule has 0 spiro atoms. The van der Waals surface area contributed by atoms with E-state index in [1.165, 1.54) is 13.0 Å². The number of amides is 1. The maximum atomic E-state index is 13.2. The first-order chi connectivity index (χ1) is 17.9. The molecule has 38 heavy (non-hydrogen) atoms. The summed E-state index contributed by atoms with van der Waals surface area (Å²) in [5, 5.41) is 2.64. The van der Waals surface area contributed by atoms with Crippen molar-refractivity contribution in [2.24, 2.45) is 0 Å². The van der Waals surface area contributed by atoms with Crippen molar-refractivity contribution in [3.63, 3.8) is 0 Å². The van der Waals surface area contributed by atoms with Crippen LogP contribution in [0.15, 0.2) is 78.2 Å². The summed E-state index contributed by atoms with van der Waals surface area (Å²) < 4.78 is 45.5. The Hall–Kier alpha value is -3.55. The lowest BCUT2D eigenvalue weighted by molar-refractivity contribution is -0.116. The minimum atomic E-state index is -4.60. The van der Waals surface area contributed by atoms with E-state index in [9.17, 15) is 18.0 Å². The number of pyridine rings is 1. The number of rotatable bonds is 14. The zero-order chi connectivity index (χ0) is 28.9. The number of nitrogens with zero attached hydrogens (tertiary/aromatic N) is 2. The third kappa shape index (κ3) is 9.72. The number of nitrogens with one attached hydrogen (secondary N) is 1. The van der Waals surface area contributed by atoms with Crippen LogP contribution in [-0.4, -0.2) is 36.8 Å². The molecule has 1 heterocycles. The Balaban J connectivity index is 3.42. The molecule has 1 aromatic heterocycles. The van der Waals surface area contributed by atoms with E-state index < -0.39 is 17.7 Å². The van der Waals surface area contributed by atoms with Gasteiger partial charge in [-0.25, -0.2) is 4.98 Å². The molecule has 0 radical (unpaired) electrons. The van der Waals surface area contributed by atoms with Gasteiger partial charge in [0.05, 0.1) is 12.2 Å². The summed E-state index contributed by atoms with van der Waals surface area (Å²) >= 11 is 0. The van der Waals surface area contributed by atoms with Crippen LogP contribution in [0.2, 0.25) is 0 Å². The molecule has 8 heteroatoms. The van der Waals surface area contributed by atoms with E-state index in [1.807, 2.05) is 19.9 Å². The van der Waals surface area contributed by atoms with Crippen LogP contribution in [0.25, 0.3) is 5.57 Å². The Morgan fingerprint density at radius 2 is 1.87 bits per heavy atom. The number of hydrogen-bond acceptors (Lipinski definition) is 4. The van der Waals surface area contributed by atoms with E-state index in [0.717, 1.165) is 54.9 Å². The van der Waals surface area contributed by atoms with E-state index in [0.29, 0.717) is 23.8 Å². The molecule has 1 aromatic rings. The van der Waals surface area contributed by atoms with Crippen molar-refractivity contribution >= 4 is 17.2 Å². The van der Waals surface area contributed by atoms with Gasteiger partial charge in [0.25, 0.3) is 5.91 Å². The Kier molecular flexibility index (Phi) is 13.4. The zero-order valence-corrected chi connectivity index (χ0v) is 23.3. The van der Waals surface area contributed by atoms with Crippen LogP contribution in [0.1, 0.15) is 59.9 Å². The van der Waals surface area contributed by atoms with Crippen molar-refractivity contribution in [1.29, 1.82) is 0 Å². The maximum absolute atomic E-state index is 13.2. The van der Waals surface area contributed by atoms with Gasteiger partial charge in [0.15, 0.2) is 0 Å². The van der Waals surface area contributed by atoms with Gasteiger partial charge in [-0.15, -0.1) is 0 Å². The largest absolute Gasteiger partial charge is 0.476 e. The van der Waals surface area contributed by atoms with Gasteiger partial charge in [0.2, 0.25) is 5.88 Å². The topological polar surface area (TPSA) is 54.5 Å². The maximum Gasteiger partial charge on any atom is 0.416 e. The number of carbonyl (C=O) groups excluding carboxylic acids is 1. The van der Waals surface area contributed by atoms with E-state index in [2.05, 4.69) is 42.2 Å². The fourth-order valence-corrected chi connectivity index (χ4v) is 3.53. The van der Waals surface area contributed by atoms with Crippen LogP contribution in [-0.2, 0) is 4.79 Å². The fraction of sp³-hybridized carbons (Fsp3) is 0.400. The quantitative estimate of drug-likeness (QED) is 0.197. The molecule has 0 saturated heterocycles. The van der Waals surface area contributed by atoms with Crippen molar-refractivity contribution in [3.8, 4) is 5.88 Å². The SMILES string of the molecule is C=C(/C=C(\C=C/C)C(F)(F)F)C(=O)NC(=C/C)/C=C(\C(=C)C)c1cnc(OCC)c(N(CC)CCCC)c1. The van der Waals surface area contributed by atoms with Gasteiger partial charge in [0.1, 0.15) is 5.69 Å². The van der Waals surface area contributed by atoms with Crippen molar-refractivity contribution in [2.45, 2.75) is 60.6 Å². The van der Waals surface area contributed by atoms with Crippen LogP contribution in [0.4, 0.5) is 18.9 Å². The molecule has 0 saturated carbocycles. The molecule has 0 atom stereocenters. The predicted octanol–water partition coefficient (Wildman–Crippen LogP) is 7.71. The summed E-state index contributed by atoms with van der Waals surface area (Å²) in [6, 6.07) is 1.99. The molecule has 1 amide bonds. The minimum Gasteiger partial charge on any atom is -0.476 e. The van der Waals surface area contributed by atoms with Crippen molar-refractivity contribution < 1.29 is 22.7 Å². The van der Waals surface area contributed by atoms with E-state index in [4.69, 9.17) is 4.74 Å². The molecule has 5 nitrogen and oxygen atoms in total. The molecule has 0 fully saturated rings. The summed E-state index contributed by atoms with van der Waals surface area (Å²) in [5.74, 6) is -0.205. The number of ether oxygens (including phenoxy) is 1. The van der Waals surface area contributed by atoms with Gasteiger partial charge < -0.3 is 15.0 Å². The first kappa shape index (κ1) is 32.5. The molecule has 0 aliphatic rings. The first-order valence-electron chi connectivity index (χ1n) is 12.8. The van der Waals surface area contributed by atoms with Gasteiger partial charge >= 0.3 is 6.18 Å². The van der Waals surface area contributed by atoms with E-state index in [-0.39, 0.29) is 5.57 Å². The number of hydrogen-bond donors (Lipinski definition) is 1. The molecule has 1 rings (SSSR count). The van der Waals surface area contributed by atoms with Crippen LogP contribution >= 0.6 is 0 Å². The molecule has 0 aliphatic carbocycles. The average molecular weight is 532 g/mol. The number of unbranched alkanes of at least 4 members (excludes halogenated alkanes) is 1. The molecule has 208 valence electrons. The first-order valence-corrected chi connectivity index (χ1v) is 12.8. The minimum absolute atomic E-state index is 0.320. The molecular weight excluding hydrogens is 491 g/mol. The molecule has 1 N–H and O–H groups in total. The summed E-state index contributed by atoms with van der Waals surface area (Å²) in [6.45, 7) is 20.8. The van der Waals surface area contributed by atoms with Crippen LogP contribution < -0.4 is 15.0 Å². The summed E-state index contributed by atoms with van der Waals surface area (Å²) in [6.07, 6.45) is 5.40. The Morgan fingerprint density at radius 3 is 2.37 bits per heavy atom. The number of allylic oxidation sites excluding steroid dienone is 7. The second kappa shape index (κ2) is 15.6. The van der Waals surface area contributed by atoms with Gasteiger partial charge in [0, 0.05) is 36.1 Å². The monoisotopic (exact) mass is 531 g/mol. The molecule has 0 unspecified atom stereocenters. The lowest BCUT2D eigenvalue weighted by Crippen LogP contribution is -2.25. The fourth-order valence-electron chi connectivity index (χ4n) is 3.53. The Labute approximate surface area is 225 Å². The number of carbonyl (C=O) groups is 1.